The number of sulfone groups is 1. The van der Waals surface area contributed by atoms with E-state index >= 15 is 0 Å². The van der Waals surface area contributed by atoms with Crippen LogP contribution in [0.3, 0.4) is 0 Å². The molecule has 2 fully saturated rings. The SMILES string of the molecule is CS(=O)(=O)c1ccc(N2CC3(CCN(C(=O)O)CC3)CC2=O)nc1. The average molecular weight is 353 g/mol. The van der Waals surface area contributed by atoms with Gasteiger partial charge in [-0.25, -0.2) is 18.2 Å². The average Bonchev–Trinajstić information content (AvgIpc) is 2.83. The summed E-state index contributed by atoms with van der Waals surface area (Å²) in [4.78, 5) is 30.6. The number of amides is 2. The number of carbonyl (C=O) groups excluding carboxylic acids is 1. The molecule has 0 radical (unpaired) electrons. The van der Waals surface area contributed by atoms with Crippen molar-refractivity contribution in [2.45, 2.75) is 24.2 Å². The highest BCUT2D eigenvalue weighted by molar-refractivity contribution is 7.90. The Bertz CT molecular complexity index is 767. The van der Waals surface area contributed by atoms with Crippen LogP contribution in [-0.4, -0.2) is 61.3 Å². The van der Waals surface area contributed by atoms with Gasteiger partial charge < -0.3 is 10.0 Å². The van der Waals surface area contributed by atoms with Crippen LogP contribution in [0.1, 0.15) is 19.3 Å². The summed E-state index contributed by atoms with van der Waals surface area (Å²) in [5.41, 5.74) is -0.222. The van der Waals surface area contributed by atoms with Gasteiger partial charge >= 0.3 is 6.09 Å². The highest BCUT2D eigenvalue weighted by Gasteiger charge is 2.46. The molecule has 2 aliphatic heterocycles. The fourth-order valence-electron chi connectivity index (χ4n) is 3.36. The zero-order valence-corrected chi connectivity index (χ0v) is 14.1. The summed E-state index contributed by atoms with van der Waals surface area (Å²) >= 11 is 0. The van der Waals surface area contributed by atoms with Gasteiger partial charge in [0.1, 0.15) is 5.82 Å². The number of carboxylic acid groups (broad SMARTS) is 1. The largest absolute Gasteiger partial charge is 0.465 e. The molecule has 3 heterocycles. The molecule has 0 atom stereocenters. The molecule has 1 aromatic heterocycles. The first-order valence-corrected chi connectivity index (χ1v) is 9.54. The second-order valence-electron chi connectivity index (χ2n) is 6.55. The minimum Gasteiger partial charge on any atom is -0.465 e. The summed E-state index contributed by atoms with van der Waals surface area (Å²) < 4.78 is 23.0. The number of pyridine rings is 1. The quantitative estimate of drug-likeness (QED) is 0.849. The number of rotatable bonds is 2. The van der Waals surface area contributed by atoms with Gasteiger partial charge in [-0.05, 0) is 25.0 Å². The fraction of sp³-hybridized carbons (Fsp3) is 0.533. The van der Waals surface area contributed by atoms with E-state index in [9.17, 15) is 18.0 Å². The van der Waals surface area contributed by atoms with Gasteiger partial charge in [0.25, 0.3) is 0 Å². The minimum atomic E-state index is -3.32. The van der Waals surface area contributed by atoms with Gasteiger partial charge in [-0.15, -0.1) is 0 Å². The van der Waals surface area contributed by atoms with Crippen molar-refractivity contribution in [2.24, 2.45) is 5.41 Å². The summed E-state index contributed by atoms with van der Waals surface area (Å²) in [6, 6.07) is 2.99. The first kappa shape index (κ1) is 16.7. The lowest BCUT2D eigenvalue weighted by Gasteiger charge is -2.37. The zero-order valence-electron chi connectivity index (χ0n) is 13.3. The van der Waals surface area contributed by atoms with E-state index in [-0.39, 0.29) is 16.2 Å². The maximum absolute atomic E-state index is 12.4. The van der Waals surface area contributed by atoms with Gasteiger partial charge in [0.05, 0.1) is 4.90 Å². The summed E-state index contributed by atoms with van der Waals surface area (Å²) in [5.74, 6) is 0.378. The molecule has 1 N–H and O–H groups in total. The van der Waals surface area contributed by atoms with Crippen LogP contribution in [0.25, 0.3) is 0 Å². The molecular formula is C15H19N3O5S. The zero-order chi connectivity index (χ0) is 17.5. The smallest absolute Gasteiger partial charge is 0.407 e. The van der Waals surface area contributed by atoms with E-state index in [4.69, 9.17) is 5.11 Å². The van der Waals surface area contributed by atoms with Crippen molar-refractivity contribution in [3.05, 3.63) is 18.3 Å². The molecule has 3 rings (SSSR count). The van der Waals surface area contributed by atoms with E-state index in [1.54, 1.807) is 11.0 Å². The molecule has 8 nitrogen and oxygen atoms in total. The Hall–Kier alpha value is -2.16. The third-order valence-electron chi connectivity index (χ3n) is 4.84. The monoisotopic (exact) mass is 353 g/mol. The van der Waals surface area contributed by atoms with Crippen molar-refractivity contribution in [1.82, 2.24) is 9.88 Å². The van der Waals surface area contributed by atoms with E-state index in [2.05, 4.69) is 4.98 Å². The first-order chi connectivity index (χ1) is 11.2. The van der Waals surface area contributed by atoms with Crippen LogP contribution in [0.5, 0.6) is 0 Å². The van der Waals surface area contributed by atoms with Crippen molar-refractivity contribution in [3.63, 3.8) is 0 Å². The number of likely N-dealkylation sites (tertiary alicyclic amines) is 1. The van der Waals surface area contributed by atoms with Crippen LogP contribution >= 0.6 is 0 Å². The van der Waals surface area contributed by atoms with E-state index in [0.29, 0.717) is 44.7 Å². The number of hydrogen-bond donors (Lipinski definition) is 1. The lowest BCUT2D eigenvalue weighted by atomic mass is 9.78. The minimum absolute atomic E-state index is 0.0571. The molecular weight excluding hydrogens is 334 g/mol. The Morgan fingerprint density at radius 3 is 2.46 bits per heavy atom. The molecule has 1 spiro atoms. The van der Waals surface area contributed by atoms with E-state index in [0.717, 1.165) is 6.26 Å². The maximum Gasteiger partial charge on any atom is 0.407 e. The molecule has 0 unspecified atom stereocenters. The summed E-state index contributed by atoms with van der Waals surface area (Å²) in [5, 5.41) is 9.03. The van der Waals surface area contributed by atoms with E-state index in [1.807, 2.05) is 0 Å². The predicted octanol–water partition coefficient (Wildman–Crippen LogP) is 0.982. The van der Waals surface area contributed by atoms with Crippen LogP contribution in [0.4, 0.5) is 10.6 Å². The molecule has 9 heteroatoms. The predicted molar refractivity (Wildman–Crippen MR) is 85.6 cm³/mol. The molecule has 2 saturated heterocycles. The Kier molecular flexibility index (Phi) is 3.98. The Morgan fingerprint density at radius 1 is 1.29 bits per heavy atom. The Balaban J connectivity index is 1.75. The number of aromatic nitrogens is 1. The molecule has 0 aliphatic carbocycles. The van der Waals surface area contributed by atoms with Gasteiger partial charge in [-0.3, -0.25) is 9.69 Å². The highest BCUT2D eigenvalue weighted by Crippen LogP contribution is 2.42. The number of carbonyl (C=O) groups is 2. The van der Waals surface area contributed by atoms with Gasteiger partial charge in [0.2, 0.25) is 5.91 Å². The molecule has 130 valence electrons. The number of anilines is 1. The number of piperidine rings is 1. The molecule has 1 aromatic rings. The second-order valence-corrected chi connectivity index (χ2v) is 8.57. The third-order valence-corrected chi connectivity index (χ3v) is 5.94. The summed E-state index contributed by atoms with van der Waals surface area (Å²) in [6.07, 6.45) is 3.09. The van der Waals surface area contributed by atoms with Crippen LogP contribution in [0.2, 0.25) is 0 Å². The van der Waals surface area contributed by atoms with Crippen molar-refractivity contribution >= 4 is 27.7 Å². The van der Waals surface area contributed by atoms with Crippen LogP contribution in [0, 0.1) is 5.41 Å². The molecule has 2 amide bonds. The Labute approximate surface area is 140 Å². The number of hydrogen-bond acceptors (Lipinski definition) is 5. The molecule has 0 bridgehead atoms. The lowest BCUT2D eigenvalue weighted by Crippen LogP contribution is -2.43. The van der Waals surface area contributed by atoms with Crippen molar-refractivity contribution in [2.75, 3.05) is 30.8 Å². The topological polar surface area (TPSA) is 108 Å². The second kappa shape index (κ2) is 5.73. The van der Waals surface area contributed by atoms with Crippen LogP contribution in [0.15, 0.2) is 23.2 Å². The van der Waals surface area contributed by atoms with Gasteiger partial charge in [-0.1, -0.05) is 0 Å². The molecule has 0 saturated carbocycles. The van der Waals surface area contributed by atoms with Gasteiger partial charge in [0.15, 0.2) is 9.84 Å². The van der Waals surface area contributed by atoms with Crippen molar-refractivity contribution in [1.29, 1.82) is 0 Å². The van der Waals surface area contributed by atoms with Crippen molar-refractivity contribution in [3.8, 4) is 0 Å². The van der Waals surface area contributed by atoms with Gasteiger partial charge in [-0.2, -0.15) is 0 Å². The van der Waals surface area contributed by atoms with Crippen molar-refractivity contribution < 1.29 is 23.1 Å². The molecule has 2 aliphatic rings. The van der Waals surface area contributed by atoms with E-state index < -0.39 is 15.9 Å². The first-order valence-electron chi connectivity index (χ1n) is 7.65. The van der Waals surface area contributed by atoms with Crippen LogP contribution < -0.4 is 4.90 Å². The Morgan fingerprint density at radius 2 is 1.96 bits per heavy atom. The van der Waals surface area contributed by atoms with Crippen LogP contribution in [-0.2, 0) is 14.6 Å². The summed E-state index contributed by atoms with van der Waals surface area (Å²) in [7, 11) is -3.32. The normalized spacial score (nSPS) is 20.6. The maximum atomic E-state index is 12.4. The summed E-state index contributed by atoms with van der Waals surface area (Å²) in [6.45, 7) is 1.35. The lowest BCUT2D eigenvalue weighted by molar-refractivity contribution is -0.118. The van der Waals surface area contributed by atoms with E-state index in [1.165, 1.54) is 17.2 Å². The highest BCUT2D eigenvalue weighted by atomic mass is 32.2. The number of nitrogens with zero attached hydrogens (tertiary/aromatic N) is 3. The van der Waals surface area contributed by atoms with Gasteiger partial charge in [0, 0.05) is 43.9 Å². The fourth-order valence-corrected chi connectivity index (χ4v) is 3.92. The standard InChI is InChI=1S/C15H19N3O5S/c1-24(22,23)11-2-3-12(16-9-11)18-10-15(8-13(18)19)4-6-17(7-5-15)14(20)21/h2-3,9H,4-8,10H2,1H3,(H,20,21). The third kappa shape index (κ3) is 3.08. The molecule has 0 aromatic carbocycles. The molecule has 24 heavy (non-hydrogen) atoms.